The first-order chi connectivity index (χ1) is 15.9. The number of nitrogens with zero attached hydrogens (tertiary/aromatic N) is 5. The lowest BCUT2D eigenvalue weighted by Gasteiger charge is -2.11. The Kier molecular flexibility index (Phi) is 5.49. The summed E-state index contributed by atoms with van der Waals surface area (Å²) < 4.78 is 1.80. The first kappa shape index (κ1) is 21.4. The monoisotopic (exact) mass is 456 g/mol. The molecule has 4 heterocycles. The van der Waals surface area contributed by atoms with E-state index < -0.39 is 0 Å². The van der Waals surface area contributed by atoms with E-state index in [9.17, 15) is 5.11 Å². The minimum atomic E-state index is -0.159. The lowest BCUT2D eigenvalue weighted by Crippen LogP contribution is -2.07. The van der Waals surface area contributed by atoms with Gasteiger partial charge in [0.25, 0.3) is 0 Å². The summed E-state index contributed by atoms with van der Waals surface area (Å²) >= 11 is 1.67. The van der Waals surface area contributed by atoms with Crippen LogP contribution in [0.4, 0.5) is 0 Å². The van der Waals surface area contributed by atoms with Gasteiger partial charge in [0.15, 0.2) is 5.82 Å². The second kappa shape index (κ2) is 8.47. The van der Waals surface area contributed by atoms with E-state index in [4.69, 9.17) is 15.7 Å². The molecule has 7 nitrogen and oxygen atoms in total. The third kappa shape index (κ3) is 3.93. The SMILES string of the molecule is Cc1nc(-c2cc(-c3cccc(C(C)N)n3)cc3c2cnn3-c2cccc(CO)n2)sc1C. The molecule has 0 fully saturated rings. The number of hydrogen-bond donors (Lipinski definition) is 2. The Morgan fingerprint density at radius 3 is 2.61 bits per heavy atom. The lowest BCUT2D eigenvalue weighted by molar-refractivity contribution is 0.276. The molecule has 0 saturated carbocycles. The summed E-state index contributed by atoms with van der Waals surface area (Å²) in [7, 11) is 0. The smallest absolute Gasteiger partial charge is 0.154 e. The number of hydrogen-bond acceptors (Lipinski definition) is 7. The Balaban J connectivity index is 1.78. The fraction of sp³-hybridized carbons (Fsp3) is 0.200. The largest absolute Gasteiger partial charge is 0.390 e. The molecule has 5 aromatic rings. The highest BCUT2D eigenvalue weighted by atomic mass is 32.1. The van der Waals surface area contributed by atoms with Crippen LogP contribution < -0.4 is 5.73 Å². The van der Waals surface area contributed by atoms with Crippen LogP contribution in [0.3, 0.4) is 0 Å². The Morgan fingerprint density at radius 1 is 1.06 bits per heavy atom. The minimum absolute atomic E-state index is 0.130. The first-order valence-electron chi connectivity index (χ1n) is 10.7. The zero-order valence-corrected chi connectivity index (χ0v) is 19.5. The van der Waals surface area contributed by atoms with Gasteiger partial charge in [0.2, 0.25) is 0 Å². The number of aliphatic hydroxyl groups is 1. The maximum Gasteiger partial charge on any atom is 0.154 e. The minimum Gasteiger partial charge on any atom is -0.390 e. The second-order valence-corrected chi connectivity index (χ2v) is 9.26. The van der Waals surface area contributed by atoms with Gasteiger partial charge in [0.05, 0.1) is 41.1 Å². The van der Waals surface area contributed by atoms with Crippen molar-refractivity contribution in [1.82, 2.24) is 24.7 Å². The Morgan fingerprint density at radius 2 is 1.88 bits per heavy atom. The third-order valence-electron chi connectivity index (χ3n) is 5.65. The fourth-order valence-corrected chi connectivity index (χ4v) is 4.71. The summed E-state index contributed by atoms with van der Waals surface area (Å²) in [5.74, 6) is 0.642. The van der Waals surface area contributed by atoms with Gasteiger partial charge in [0, 0.05) is 27.4 Å². The molecule has 33 heavy (non-hydrogen) atoms. The zero-order chi connectivity index (χ0) is 23.1. The summed E-state index contributed by atoms with van der Waals surface area (Å²) in [6, 6.07) is 15.5. The molecule has 0 amide bonds. The Bertz CT molecular complexity index is 1450. The van der Waals surface area contributed by atoms with E-state index in [1.807, 2.05) is 50.4 Å². The van der Waals surface area contributed by atoms with Crippen LogP contribution in [0.25, 0.3) is 38.5 Å². The van der Waals surface area contributed by atoms with E-state index in [1.54, 1.807) is 22.1 Å². The van der Waals surface area contributed by atoms with Crippen LogP contribution in [-0.4, -0.2) is 29.8 Å². The zero-order valence-electron chi connectivity index (χ0n) is 18.6. The van der Waals surface area contributed by atoms with Crippen LogP contribution in [0, 0.1) is 13.8 Å². The van der Waals surface area contributed by atoms with Crippen molar-refractivity contribution in [3.63, 3.8) is 0 Å². The van der Waals surface area contributed by atoms with Gasteiger partial charge in [-0.15, -0.1) is 11.3 Å². The van der Waals surface area contributed by atoms with Crippen LogP contribution in [0.5, 0.6) is 0 Å². The Labute approximate surface area is 195 Å². The molecule has 4 aromatic heterocycles. The predicted octanol–water partition coefficient (Wildman–Crippen LogP) is 4.73. The van der Waals surface area contributed by atoms with Crippen molar-refractivity contribution in [3.05, 3.63) is 76.7 Å². The number of aryl methyl sites for hydroxylation is 2. The molecule has 0 aliphatic rings. The molecule has 1 atom stereocenters. The summed E-state index contributed by atoms with van der Waals surface area (Å²) in [6.45, 7) is 5.91. The molecule has 166 valence electrons. The number of thiazole rings is 1. The van der Waals surface area contributed by atoms with Crippen molar-refractivity contribution in [2.75, 3.05) is 0 Å². The van der Waals surface area contributed by atoms with Gasteiger partial charge in [0.1, 0.15) is 5.01 Å². The Hall–Kier alpha value is -3.46. The molecule has 0 spiro atoms. The molecule has 0 radical (unpaired) electrons. The molecule has 8 heteroatoms. The van der Waals surface area contributed by atoms with Crippen LogP contribution in [0.2, 0.25) is 0 Å². The number of nitrogens with two attached hydrogens (primary N) is 1. The van der Waals surface area contributed by atoms with E-state index in [-0.39, 0.29) is 12.6 Å². The topological polar surface area (TPSA) is 103 Å². The second-order valence-electron chi connectivity index (χ2n) is 8.06. The summed E-state index contributed by atoms with van der Waals surface area (Å²) in [4.78, 5) is 15.3. The van der Waals surface area contributed by atoms with Crippen LogP contribution in [0.15, 0.2) is 54.7 Å². The van der Waals surface area contributed by atoms with Gasteiger partial charge in [-0.25, -0.2) is 14.6 Å². The fourth-order valence-electron chi connectivity index (χ4n) is 3.76. The maximum absolute atomic E-state index is 9.54. The van der Waals surface area contributed by atoms with Gasteiger partial charge >= 0.3 is 0 Å². The summed E-state index contributed by atoms with van der Waals surface area (Å²) in [5, 5.41) is 16.1. The number of aliphatic hydroxyl groups excluding tert-OH is 1. The molecule has 3 N–H and O–H groups in total. The van der Waals surface area contributed by atoms with Gasteiger partial charge < -0.3 is 10.8 Å². The van der Waals surface area contributed by atoms with Crippen LogP contribution in [0.1, 0.15) is 34.9 Å². The van der Waals surface area contributed by atoms with Gasteiger partial charge in [-0.2, -0.15) is 5.10 Å². The number of pyridine rings is 2. The normalized spacial score (nSPS) is 12.4. The van der Waals surface area contributed by atoms with Crippen molar-refractivity contribution in [3.8, 4) is 27.6 Å². The molecular formula is C25H24N6OS. The highest BCUT2D eigenvalue weighted by Gasteiger charge is 2.18. The van der Waals surface area contributed by atoms with Crippen molar-refractivity contribution in [2.24, 2.45) is 5.73 Å². The highest BCUT2D eigenvalue weighted by molar-refractivity contribution is 7.15. The number of benzene rings is 1. The molecule has 1 aromatic carbocycles. The number of fused-ring (bicyclic) bond motifs is 1. The van der Waals surface area contributed by atoms with Gasteiger partial charge in [-0.3, -0.25) is 4.98 Å². The van der Waals surface area contributed by atoms with E-state index in [0.717, 1.165) is 44.1 Å². The number of rotatable bonds is 5. The third-order valence-corrected chi connectivity index (χ3v) is 6.76. The summed E-state index contributed by atoms with van der Waals surface area (Å²) in [5.41, 5.74) is 12.2. The molecule has 5 rings (SSSR count). The molecule has 0 aliphatic carbocycles. The van der Waals surface area contributed by atoms with Gasteiger partial charge in [-0.1, -0.05) is 12.1 Å². The molecule has 0 saturated heterocycles. The lowest BCUT2D eigenvalue weighted by atomic mass is 10.0. The summed E-state index contributed by atoms with van der Waals surface area (Å²) in [6.07, 6.45) is 1.85. The van der Waals surface area contributed by atoms with Crippen molar-refractivity contribution in [2.45, 2.75) is 33.4 Å². The maximum atomic E-state index is 9.54. The van der Waals surface area contributed by atoms with Gasteiger partial charge in [-0.05, 0) is 57.2 Å². The van der Waals surface area contributed by atoms with E-state index in [0.29, 0.717) is 11.5 Å². The highest BCUT2D eigenvalue weighted by Crippen LogP contribution is 2.37. The molecular weight excluding hydrogens is 432 g/mol. The van der Waals surface area contributed by atoms with E-state index in [1.165, 1.54) is 4.88 Å². The molecule has 0 aliphatic heterocycles. The standard InChI is InChI=1S/C25H24N6OS/c1-14(26)21-7-5-8-22(30-21)17-10-19(25-28-15(2)16(3)33-25)20-12-27-31(23(20)11-17)24-9-4-6-18(13-32)29-24/h4-12,14,32H,13,26H2,1-3H3. The van der Waals surface area contributed by atoms with Crippen LogP contribution >= 0.6 is 11.3 Å². The average Bonchev–Trinajstić information content (AvgIpc) is 3.41. The van der Waals surface area contributed by atoms with E-state index in [2.05, 4.69) is 29.1 Å². The average molecular weight is 457 g/mol. The number of aromatic nitrogens is 5. The van der Waals surface area contributed by atoms with E-state index >= 15 is 0 Å². The van der Waals surface area contributed by atoms with Crippen molar-refractivity contribution < 1.29 is 5.11 Å². The quantitative estimate of drug-likeness (QED) is 0.396. The van der Waals surface area contributed by atoms with Crippen LogP contribution in [-0.2, 0) is 6.61 Å². The van der Waals surface area contributed by atoms with Crippen molar-refractivity contribution >= 4 is 22.2 Å². The molecule has 1 unspecified atom stereocenters. The predicted molar refractivity (Wildman–Crippen MR) is 131 cm³/mol. The molecule has 0 bridgehead atoms. The van der Waals surface area contributed by atoms with Crippen molar-refractivity contribution in [1.29, 1.82) is 0 Å². The first-order valence-corrected chi connectivity index (χ1v) is 11.5.